The highest BCUT2D eigenvalue weighted by Gasteiger charge is 2.72. The van der Waals surface area contributed by atoms with Crippen molar-refractivity contribution in [1.82, 2.24) is 5.32 Å². The minimum atomic E-state index is -0.494. The Hall–Kier alpha value is -1.52. The van der Waals surface area contributed by atoms with Crippen LogP contribution in [0.3, 0.4) is 0 Å². The first kappa shape index (κ1) is 30.9. The fraction of sp³-hybridized carbons (Fsp3) is 0.889. The summed E-state index contributed by atoms with van der Waals surface area (Å²) in [7, 11) is 1.59. The quantitative estimate of drug-likeness (QED) is 0.273. The molecule has 0 heterocycles. The van der Waals surface area contributed by atoms with E-state index in [1.54, 1.807) is 7.11 Å². The number of esters is 1. The van der Waals surface area contributed by atoms with Gasteiger partial charge in [0.05, 0.1) is 12.5 Å². The molecule has 5 nitrogen and oxygen atoms in total. The number of carbonyl (C=O) groups excluding carboxylic acids is 2. The molecule has 0 aromatic rings. The maximum absolute atomic E-state index is 13.5. The summed E-state index contributed by atoms with van der Waals surface area (Å²) in [5.74, 6) is 2.52. The summed E-state index contributed by atoms with van der Waals surface area (Å²) in [5, 5.41) is 3.30. The van der Waals surface area contributed by atoms with Crippen LogP contribution in [-0.2, 0) is 14.3 Å². The van der Waals surface area contributed by atoms with Gasteiger partial charge in [0.15, 0.2) is 0 Å². The van der Waals surface area contributed by atoms with Crippen LogP contribution >= 0.6 is 0 Å². The predicted octanol–water partition coefficient (Wildman–Crippen LogP) is 8.71. The predicted molar refractivity (Wildman–Crippen MR) is 164 cm³/mol. The number of hydrogen-bond acceptors (Lipinski definition) is 4. The van der Waals surface area contributed by atoms with Crippen LogP contribution < -0.4 is 5.32 Å². The summed E-state index contributed by atoms with van der Waals surface area (Å²) in [6, 6.07) is 0.122. The van der Waals surface area contributed by atoms with Crippen molar-refractivity contribution in [3.8, 4) is 0 Å². The topological polar surface area (TPSA) is 64.6 Å². The van der Waals surface area contributed by atoms with Crippen LogP contribution in [0, 0.1) is 56.7 Å². The number of rotatable bonds is 3. The molecule has 0 saturated heterocycles. The Bertz CT molecular complexity index is 1090. The van der Waals surface area contributed by atoms with Gasteiger partial charge < -0.3 is 14.8 Å². The molecule has 5 fully saturated rings. The third kappa shape index (κ3) is 4.35. The molecule has 0 aromatic heterocycles. The molecule has 0 aliphatic heterocycles. The van der Waals surface area contributed by atoms with E-state index in [2.05, 4.69) is 53.4 Å². The maximum atomic E-state index is 13.5. The van der Waals surface area contributed by atoms with Crippen LogP contribution in [0.25, 0.3) is 0 Å². The van der Waals surface area contributed by atoms with Gasteiger partial charge >= 0.3 is 12.1 Å². The highest BCUT2D eigenvalue weighted by molar-refractivity contribution is 5.78. The zero-order chi connectivity index (χ0) is 30.4. The summed E-state index contributed by atoms with van der Waals surface area (Å²) < 4.78 is 11.2. The lowest BCUT2D eigenvalue weighted by Crippen LogP contribution is -2.68. The van der Waals surface area contributed by atoms with Crippen molar-refractivity contribution in [2.24, 2.45) is 56.7 Å². The molecule has 0 unspecified atom stereocenters. The first-order valence-corrected chi connectivity index (χ1v) is 16.6. The number of alkyl carbamates (subject to hydrolysis) is 1. The maximum Gasteiger partial charge on any atom is 0.407 e. The number of fused-ring (bicyclic) bond motifs is 7. The van der Waals surface area contributed by atoms with Gasteiger partial charge in [-0.25, -0.2) is 4.79 Å². The number of methoxy groups -OCH3 is 1. The largest absolute Gasteiger partial charge is 0.469 e. The van der Waals surface area contributed by atoms with Crippen LogP contribution in [0.1, 0.15) is 127 Å². The van der Waals surface area contributed by atoms with Gasteiger partial charge in [-0.05, 0) is 143 Å². The molecule has 1 N–H and O–H groups in total. The van der Waals surface area contributed by atoms with Crippen molar-refractivity contribution < 1.29 is 19.1 Å². The van der Waals surface area contributed by atoms with Crippen LogP contribution in [0.15, 0.2) is 12.2 Å². The second kappa shape index (κ2) is 9.74. The van der Waals surface area contributed by atoms with Crippen molar-refractivity contribution in [2.45, 2.75) is 138 Å². The smallest absolute Gasteiger partial charge is 0.407 e. The van der Waals surface area contributed by atoms with Gasteiger partial charge in [-0.3, -0.25) is 4.79 Å². The normalized spacial score (nSPS) is 46.7. The SMILES string of the molecule is C=C(C)[C@@H]1CC[C@]2(C(=O)OC)CC[C@]3(C)[C@H](CC[C@@H]4[C@@]5(C)CC[C@H](NC(=O)OC(C)(C)C)C(C)(C)[C@@H]5CC[C@]43C)[C@@H]12. The Kier molecular flexibility index (Phi) is 7.35. The Morgan fingerprint density at radius 1 is 0.829 bits per heavy atom. The van der Waals surface area contributed by atoms with Crippen molar-refractivity contribution in [1.29, 1.82) is 0 Å². The first-order chi connectivity index (χ1) is 18.9. The van der Waals surface area contributed by atoms with E-state index in [0.29, 0.717) is 29.6 Å². The van der Waals surface area contributed by atoms with E-state index < -0.39 is 5.60 Å². The molecular formula is C36H59NO4. The molecule has 0 aromatic carbocycles. The van der Waals surface area contributed by atoms with Crippen molar-refractivity contribution in [3.63, 3.8) is 0 Å². The average Bonchev–Trinajstić information content (AvgIpc) is 3.26. The molecule has 41 heavy (non-hydrogen) atoms. The fourth-order valence-electron chi connectivity index (χ4n) is 12.4. The summed E-state index contributed by atoms with van der Waals surface area (Å²) in [6.45, 7) is 25.1. The number of ether oxygens (including phenoxy) is 2. The molecule has 5 aliphatic carbocycles. The molecule has 5 aliphatic rings. The van der Waals surface area contributed by atoms with Gasteiger partial charge in [-0.2, -0.15) is 0 Å². The lowest BCUT2D eigenvalue weighted by atomic mass is 9.32. The average molecular weight is 570 g/mol. The third-order valence-corrected chi connectivity index (χ3v) is 14.4. The van der Waals surface area contributed by atoms with E-state index in [-0.39, 0.29) is 45.2 Å². The second-order valence-corrected chi connectivity index (χ2v) is 17.4. The van der Waals surface area contributed by atoms with Gasteiger partial charge in [0.1, 0.15) is 5.60 Å². The lowest BCUT2D eigenvalue weighted by molar-refractivity contribution is -0.240. The molecule has 10 atom stereocenters. The van der Waals surface area contributed by atoms with E-state index in [0.717, 1.165) is 38.5 Å². The van der Waals surface area contributed by atoms with Gasteiger partial charge in [0.25, 0.3) is 0 Å². The standard InChI is InChI=1S/C36H59NO4/c1-22(2)23-14-19-36(29(38)40-11)21-20-34(9)24(28(23)36)12-13-26-33(8)17-16-27(37-30(39)41-31(3,4)5)32(6,7)25(33)15-18-35(26,34)10/h23-28H,1,12-21H2,2-11H3,(H,37,39)/t23-,24+,25-,26+,27-,28+,33-,34+,35+,36-/m0/s1. The Morgan fingerprint density at radius 3 is 2.12 bits per heavy atom. The Labute approximate surface area is 250 Å². The minimum Gasteiger partial charge on any atom is -0.469 e. The first-order valence-electron chi connectivity index (χ1n) is 16.6. The molecule has 5 heteroatoms. The molecule has 232 valence electrons. The number of hydrogen-bond donors (Lipinski definition) is 1. The Morgan fingerprint density at radius 2 is 1.51 bits per heavy atom. The van der Waals surface area contributed by atoms with Crippen LogP contribution in [0.5, 0.6) is 0 Å². The van der Waals surface area contributed by atoms with E-state index in [9.17, 15) is 9.59 Å². The van der Waals surface area contributed by atoms with Crippen molar-refractivity contribution >= 4 is 12.1 Å². The van der Waals surface area contributed by atoms with E-state index in [1.165, 1.54) is 31.3 Å². The zero-order valence-corrected chi connectivity index (χ0v) is 27.9. The summed E-state index contributed by atoms with van der Waals surface area (Å²) >= 11 is 0. The number of carbonyl (C=O) groups is 2. The molecule has 5 rings (SSSR count). The van der Waals surface area contributed by atoms with Gasteiger partial charge in [-0.15, -0.1) is 0 Å². The lowest BCUT2D eigenvalue weighted by Gasteiger charge is -2.73. The van der Waals surface area contributed by atoms with E-state index in [4.69, 9.17) is 9.47 Å². The van der Waals surface area contributed by atoms with Gasteiger partial charge in [0, 0.05) is 6.04 Å². The number of amides is 1. The van der Waals surface area contributed by atoms with Crippen LogP contribution in [0.2, 0.25) is 0 Å². The van der Waals surface area contributed by atoms with Crippen LogP contribution in [-0.4, -0.2) is 30.8 Å². The molecule has 0 spiro atoms. The van der Waals surface area contributed by atoms with E-state index in [1.807, 2.05) is 20.8 Å². The highest BCUT2D eigenvalue weighted by atomic mass is 16.6. The monoisotopic (exact) mass is 569 g/mol. The fourth-order valence-corrected chi connectivity index (χ4v) is 12.4. The number of allylic oxidation sites excluding steroid dienone is 1. The second-order valence-electron chi connectivity index (χ2n) is 17.4. The number of nitrogens with one attached hydrogen (secondary N) is 1. The van der Waals surface area contributed by atoms with Gasteiger partial charge in [0.2, 0.25) is 0 Å². The van der Waals surface area contributed by atoms with Crippen molar-refractivity contribution in [3.05, 3.63) is 12.2 Å². The van der Waals surface area contributed by atoms with Gasteiger partial charge in [-0.1, -0.05) is 46.8 Å². The molecule has 0 radical (unpaired) electrons. The summed E-state index contributed by atoms with van der Waals surface area (Å²) in [6.07, 6.45) is 10.8. The summed E-state index contributed by atoms with van der Waals surface area (Å²) in [5.41, 5.74) is 1.08. The summed E-state index contributed by atoms with van der Waals surface area (Å²) in [4.78, 5) is 26.3. The van der Waals surface area contributed by atoms with E-state index >= 15 is 0 Å². The minimum absolute atomic E-state index is 0.00785. The Balaban J connectivity index is 1.45. The third-order valence-electron chi connectivity index (χ3n) is 14.4. The molecule has 1 amide bonds. The zero-order valence-electron chi connectivity index (χ0n) is 27.9. The molecule has 5 saturated carbocycles. The molecular weight excluding hydrogens is 510 g/mol. The van der Waals surface area contributed by atoms with Crippen molar-refractivity contribution in [2.75, 3.05) is 7.11 Å². The highest BCUT2D eigenvalue weighted by Crippen LogP contribution is 2.77. The van der Waals surface area contributed by atoms with Crippen LogP contribution in [0.4, 0.5) is 4.79 Å². The molecule has 0 bridgehead atoms.